The highest BCUT2D eigenvalue weighted by molar-refractivity contribution is 5.20. The zero-order valence-electron chi connectivity index (χ0n) is 13.9. The van der Waals surface area contributed by atoms with Crippen molar-refractivity contribution in [3.8, 4) is 5.88 Å². The molecule has 0 aromatic carbocycles. The van der Waals surface area contributed by atoms with Gasteiger partial charge in [-0.15, -0.1) is 0 Å². The molecule has 2 fully saturated rings. The van der Waals surface area contributed by atoms with E-state index in [1.165, 1.54) is 44.5 Å². The predicted octanol–water partition coefficient (Wildman–Crippen LogP) is 2.69. The Kier molecular flexibility index (Phi) is 5.32. The van der Waals surface area contributed by atoms with Crippen molar-refractivity contribution in [3.63, 3.8) is 0 Å². The molecule has 1 N–H and O–H groups in total. The number of ether oxygens (including phenoxy) is 1. The van der Waals surface area contributed by atoms with Gasteiger partial charge in [-0.3, -0.25) is 0 Å². The van der Waals surface area contributed by atoms with Crippen molar-refractivity contribution >= 4 is 0 Å². The standard InChI is InChI=1S/C18H29N3O/c1-3-21-9-7-17(14(2)12-21)20-11-16-6-8-19-18(10-16)22-13-15-4-5-15/h6,8,10,14-15,17,20H,3-5,7,9,11-13H2,1-2H3. The van der Waals surface area contributed by atoms with Crippen LogP contribution in [0.1, 0.15) is 38.7 Å². The summed E-state index contributed by atoms with van der Waals surface area (Å²) in [6.07, 6.45) is 5.73. The van der Waals surface area contributed by atoms with Crippen LogP contribution in [0.4, 0.5) is 0 Å². The van der Waals surface area contributed by atoms with Crippen LogP contribution < -0.4 is 10.1 Å². The maximum Gasteiger partial charge on any atom is 0.213 e. The van der Waals surface area contributed by atoms with E-state index in [9.17, 15) is 0 Å². The molecule has 0 spiro atoms. The summed E-state index contributed by atoms with van der Waals surface area (Å²) in [5.41, 5.74) is 1.27. The lowest BCUT2D eigenvalue weighted by Gasteiger charge is -2.36. The van der Waals surface area contributed by atoms with E-state index in [-0.39, 0.29) is 0 Å². The normalized spacial score (nSPS) is 26.1. The lowest BCUT2D eigenvalue weighted by Crippen LogP contribution is -2.47. The number of hydrogen-bond donors (Lipinski definition) is 1. The maximum atomic E-state index is 5.77. The van der Waals surface area contributed by atoms with Gasteiger partial charge in [-0.1, -0.05) is 13.8 Å². The van der Waals surface area contributed by atoms with Crippen molar-refractivity contribution in [3.05, 3.63) is 23.9 Å². The third kappa shape index (κ3) is 4.43. The fourth-order valence-corrected chi connectivity index (χ4v) is 3.20. The number of pyridine rings is 1. The summed E-state index contributed by atoms with van der Waals surface area (Å²) in [6, 6.07) is 4.79. The van der Waals surface area contributed by atoms with Crippen molar-refractivity contribution in [1.82, 2.24) is 15.2 Å². The largest absolute Gasteiger partial charge is 0.477 e. The number of rotatable bonds is 7. The topological polar surface area (TPSA) is 37.4 Å². The Balaban J connectivity index is 1.47. The Hall–Kier alpha value is -1.13. The van der Waals surface area contributed by atoms with E-state index in [1.807, 2.05) is 6.20 Å². The number of hydrogen-bond acceptors (Lipinski definition) is 4. The molecule has 22 heavy (non-hydrogen) atoms. The zero-order valence-corrected chi connectivity index (χ0v) is 13.9. The van der Waals surface area contributed by atoms with Crippen LogP contribution >= 0.6 is 0 Å². The SMILES string of the molecule is CCN1CCC(NCc2ccnc(OCC3CC3)c2)C(C)C1. The summed E-state index contributed by atoms with van der Waals surface area (Å²) >= 11 is 0. The molecule has 1 aromatic rings. The van der Waals surface area contributed by atoms with Crippen LogP contribution in [0.25, 0.3) is 0 Å². The molecule has 4 heteroatoms. The molecule has 3 rings (SSSR count). The summed E-state index contributed by atoms with van der Waals surface area (Å²) in [6.45, 7) is 9.94. The average molecular weight is 303 g/mol. The Morgan fingerprint density at radius 3 is 2.95 bits per heavy atom. The minimum Gasteiger partial charge on any atom is -0.477 e. The molecule has 1 saturated heterocycles. The van der Waals surface area contributed by atoms with Crippen LogP contribution in [0.5, 0.6) is 5.88 Å². The van der Waals surface area contributed by atoms with Gasteiger partial charge in [-0.2, -0.15) is 0 Å². The lowest BCUT2D eigenvalue weighted by molar-refractivity contribution is 0.153. The molecule has 0 bridgehead atoms. The van der Waals surface area contributed by atoms with E-state index in [4.69, 9.17) is 4.74 Å². The van der Waals surface area contributed by atoms with Gasteiger partial charge in [0.05, 0.1) is 6.61 Å². The van der Waals surface area contributed by atoms with Crippen molar-refractivity contribution < 1.29 is 4.74 Å². The third-order valence-electron chi connectivity index (χ3n) is 4.97. The van der Waals surface area contributed by atoms with E-state index < -0.39 is 0 Å². The zero-order chi connectivity index (χ0) is 15.4. The molecule has 1 aliphatic heterocycles. The Labute approximate surface area is 134 Å². The summed E-state index contributed by atoms with van der Waals surface area (Å²) < 4.78 is 5.77. The highest BCUT2D eigenvalue weighted by Crippen LogP contribution is 2.29. The van der Waals surface area contributed by atoms with Gasteiger partial charge in [-0.25, -0.2) is 4.98 Å². The van der Waals surface area contributed by atoms with Crippen molar-refractivity contribution in [1.29, 1.82) is 0 Å². The molecule has 1 aromatic heterocycles. The molecule has 1 saturated carbocycles. The van der Waals surface area contributed by atoms with E-state index in [0.717, 1.165) is 24.9 Å². The quantitative estimate of drug-likeness (QED) is 0.840. The predicted molar refractivity (Wildman–Crippen MR) is 89.0 cm³/mol. The first-order chi connectivity index (χ1) is 10.7. The second-order valence-corrected chi connectivity index (χ2v) is 6.90. The fourth-order valence-electron chi connectivity index (χ4n) is 3.20. The Bertz CT molecular complexity index is 475. The number of aromatic nitrogens is 1. The van der Waals surface area contributed by atoms with E-state index >= 15 is 0 Å². The monoisotopic (exact) mass is 303 g/mol. The fraction of sp³-hybridized carbons (Fsp3) is 0.722. The number of nitrogens with zero attached hydrogens (tertiary/aromatic N) is 2. The molecule has 1 aliphatic carbocycles. The summed E-state index contributed by atoms with van der Waals surface area (Å²) in [4.78, 5) is 6.85. The number of piperidine rings is 1. The number of likely N-dealkylation sites (tertiary alicyclic amines) is 1. The molecule has 4 nitrogen and oxygen atoms in total. The van der Waals surface area contributed by atoms with Gasteiger partial charge in [0, 0.05) is 31.4 Å². The van der Waals surface area contributed by atoms with Crippen LogP contribution in [0.2, 0.25) is 0 Å². The molecule has 2 heterocycles. The van der Waals surface area contributed by atoms with E-state index in [2.05, 4.69) is 41.2 Å². The van der Waals surface area contributed by atoms with Crippen molar-refractivity contribution in [2.45, 2.75) is 45.7 Å². The first-order valence-electron chi connectivity index (χ1n) is 8.78. The highest BCUT2D eigenvalue weighted by Gasteiger charge is 2.25. The molecular formula is C18H29N3O. The van der Waals surface area contributed by atoms with Gasteiger partial charge < -0.3 is 15.0 Å². The summed E-state index contributed by atoms with van der Waals surface area (Å²) in [7, 11) is 0. The highest BCUT2D eigenvalue weighted by atomic mass is 16.5. The van der Waals surface area contributed by atoms with Gasteiger partial charge >= 0.3 is 0 Å². The molecule has 2 atom stereocenters. The van der Waals surface area contributed by atoms with Crippen molar-refractivity contribution in [2.24, 2.45) is 11.8 Å². The smallest absolute Gasteiger partial charge is 0.213 e. The molecular weight excluding hydrogens is 274 g/mol. The van der Waals surface area contributed by atoms with Crippen LogP contribution in [0.15, 0.2) is 18.3 Å². The second-order valence-electron chi connectivity index (χ2n) is 6.90. The number of nitrogens with one attached hydrogen (secondary N) is 1. The van der Waals surface area contributed by atoms with Crippen molar-refractivity contribution in [2.75, 3.05) is 26.2 Å². The van der Waals surface area contributed by atoms with Gasteiger partial charge in [0.15, 0.2) is 0 Å². The Morgan fingerprint density at radius 1 is 1.36 bits per heavy atom. The third-order valence-corrected chi connectivity index (χ3v) is 4.97. The lowest BCUT2D eigenvalue weighted by atomic mass is 9.93. The minimum atomic E-state index is 0.617. The summed E-state index contributed by atoms with van der Waals surface area (Å²) in [5, 5.41) is 3.73. The maximum absolute atomic E-state index is 5.77. The van der Waals surface area contributed by atoms with Gasteiger partial charge in [0.25, 0.3) is 0 Å². The van der Waals surface area contributed by atoms with Crippen LogP contribution in [0, 0.1) is 11.8 Å². The molecule has 0 amide bonds. The van der Waals surface area contributed by atoms with Crippen LogP contribution in [-0.4, -0.2) is 42.2 Å². The van der Waals surface area contributed by atoms with E-state index in [1.54, 1.807) is 0 Å². The van der Waals surface area contributed by atoms with Gasteiger partial charge in [-0.05, 0) is 55.8 Å². The minimum absolute atomic E-state index is 0.617. The van der Waals surface area contributed by atoms with Gasteiger partial charge in [0.2, 0.25) is 5.88 Å². The average Bonchev–Trinajstić information content (AvgIpc) is 3.36. The first kappa shape index (κ1) is 15.8. The van der Waals surface area contributed by atoms with Crippen LogP contribution in [0.3, 0.4) is 0 Å². The molecule has 122 valence electrons. The second kappa shape index (κ2) is 7.42. The van der Waals surface area contributed by atoms with Gasteiger partial charge in [0.1, 0.15) is 0 Å². The van der Waals surface area contributed by atoms with E-state index in [0.29, 0.717) is 12.0 Å². The molecule has 0 radical (unpaired) electrons. The summed E-state index contributed by atoms with van der Waals surface area (Å²) in [5.74, 6) is 2.26. The molecule has 2 aliphatic rings. The van der Waals surface area contributed by atoms with Crippen LogP contribution in [-0.2, 0) is 6.54 Å². The Morgan fingerprint density at radius 2 is 2.23 bits per heavy atom. The molecule has 2 unspecified atom stereocenters. The first-order valence-corrected chi connectivity index (χ1v) is 8.78.